The molecule has 7 nitrogen and oxygen atoms in total. The average molecular weight is 456 g/mol. The molecule has 0 spiro atoms. The SMILES string of the molecule is CCOC(Cc1ccc(NCCc2ccc(OS(C)(=O)=O)cc2)cc1)C(=O)O.[Mg+2].[Mg+2]. The molecule has 2 N–H and O–H groups in total. The topological polar surface area (TPSA) is 102 Å². The Hall–Kier alpha value is -1.05. The van der Waals surface area contributed by atoms with E-state index in [0.717, 1.165) is 29.5 Å². The number of carboxylic acid groups (broad SMARTS) is 1. The van der Waals surface area contributed by atoms with Crippen LogP contribution < -0.4 is 9.50 Å². The second-order valence-corrected chi connectivity index (χ2v) is 7.87. The van der Waals surface area contributed by atoms with E-state index in [1.807, 2.05) is 36.4 Å². The van der Waals surface area contributed by atoms with Gasteiger partial charge in [-0.2, -0.15) is 8.42 Å². The first-order valence-corrected chi connectivity index (χ1v) is 10.7. The van der Waals surface area contributed by atoms with Gasteiger partial charge in [0.1, 0.15) is 5.75 Å². The van der Waals surface area contributed by atoms with Crippen molar-refractivity contribution in [2.75, 3.05) is 24.7 Å². The number of ether oxygens (including phenoxy) is 1. The molecule has 0 fully saturated rings. The van der Waals surface area contributed by atoms with Gasteiger partial charge in [-0.3, -0.25) is 0 Å². The maximum Gasteiger partial charge on any atom is 2.00 e. The van der Waals surface area contributed by atoms with Crippen molar-refractivity contribution in [2.45, 2.75) is 25.9 Å². The average Bonchev–Trinajstić information content (AvgIpc) is 2.63. The van der Waals surface area contributed by atoms with E-state index < -0.39 is 22.2 Å². The predicted molar refractivity (Wildman–Crippen MR) is 119 cm³/mol. The summed E-state index contributed by atoms with van der Waals surface area (Å²) in [5, 5.41) is 12.4. The molecule has 0 bridgehead atoms. The quantitative estimate of drug-likeness (QED) is 0.394. The van der Waals surface area contributed by atoms with E-state index in [9.17, 15) is 13.2 Å². The fraction of sp³-hybridized carbons (Fsp3) is 0.350. The summed E-state index contributed by atoms with van der Waals surface area (Å²) >= 11 is 0. The molecule has 30 heavy (non-hydrogen) atoms. The third-order valence-electron chi connectivity index (χ3n) is 3.93. The molecule has 0 radical (unpaired) electrons. The first-order valence-electron chi connectivity index (χ1n) is 8.92. The van der Waals surface area contributed by atoms with Crippen molar-refractivity contribution in [1.82, 2.24) is 0 Å². The molecule has 2 aromatic carbocycles. The van der Waals surface area contributed by atoms with Crippen LogP contribution in [0.2, 0.25) is 0 Å². The molecule has 0 saturated heterocycles. The Labute approximate surface area is 210 Å². The summed E-state index contributed by atoms with van der Waals surface area (Å²) in [5.41, 5.74) is 2.88. The van der Waals surface area contributed by atoms with Crippen LogP contribution in [0.25, 0.3) is 0 Å². The Balaban J connectivity index is 0.00000420. The third kappa shape index (κ3) is 10.8. The van der Waals surface area contributed by atoms with Crippen molar-refractivity contribution >= 4 is 67.9 Å². The van der Waals surface area contributed by atoms with Crippen LogP contribution in [0, 0.1) is 0 Å². The standard InChI is InChI=1S/C20H25NO6S.2Mg/c1-3-26-19(20(22)23)14-16-4-8-17(9-5-16)21-13-12-15-6-10-18(11-7-15)27-28(2,24)25;;/h4-11,19,21H,3,12-14H2,1-2H3,(H,22,23);;/q;2*+2. The van der Waals surface area contributed by atoms with Crippen molar-refractivity contribution in [2.24, 2.45) is 0 Å². The zero-order chi connectivity index (χ0) is 20.6. The molecule has 152 valence electrons. The second kappa shape index (κ2) is 14.1. The van der Waals surface area contributed by atoms with E-state index in [2.05, 4.69) is 5.32 Å². The number of nitrogens with one attached hydrogen (secondary N) is 1. The first-order chi connectivity index (χ1) is 13.3. The van der Waals surface area contributed by atoms with Gasteiger partial charge in [-0.1, -0.05) is 24.3 Å². The van der Waals surface area contributed by atoms with E-state index in [-0.39, 0.29) is 46.1 Å². The van der Waals surface area contributed by atoms with Crippen LogP contribution in [0.3, 0.4) is 0 Å². The van der Waals surface area contributed by atoms with Crippen LogP contribution >= 0.6 is 0 Å². The fourth-order valence-electron chi connectivity index (χ4n) is 2.63. The first kappa shape index (κ1) is 29.0. The molecule has 0 heterocycles. The Morgan fingerprint density at radius 2 is 1.60 bits per heavy atom. The van der Waals surface area contributed by atoms with Crippen LogP contribution in [-0.4, -0.2) is 91.1 Å². The molecule has 2 aromatic rings. The van der Waals surface area contributed by atoms with Crippen molar-refractivity contribution in [3.8, 4) is 5.75 Å². The summed E-state index contributed by atoms with van der Waals surface area (Å²) in [4.78, 5) is 11.2. The largest absolute Gasteiger partial charge is 2.00 e. The number of hydrogen-bond donors (Lipinski definition) is 2. The monoisotopic (exact) mass is 455 g/mol. The van der Waals surface area contributed by atoms with Gasteiger partial charge in [-0.25, -0.2) is 4.79 Å². The Morgan fingerprint density at radius 1 is 1.03 bits per heavy atom. The number of hydrogen-bond acceptors (Lipinski definition) is 6. The van der Waals surface area contributed by atoms with Gasteiger partial charge in [0.05, 0.1) is 6.26 Å². The van der Waals surface area contributed by atoms with Gasteiger partial charge in [0.15, 0.2) is 6.10 Å². The third-order valence-corrected chi connectivity index (χ3v) is 4.43. The minimum atomic E-state index is -3.52. The smallest absolute Gasteiger partial charge is 0.479 e. The van der Waals surface area contributed by atoms with Gasteiger partial charge in [0.2, 0.25) is 0 Å². The minimum absolute atomic E-state index is 0. The van der Waals surface area contributed by atoms with Crippen molar-refractivity contribution in [3.05, 3.63) is 59.7 Å². The molecule has 1 atom stereocenters. The van der Waals surface area contributed by atoms with E-state index in [4.69, 9.17) is 14.0 Å². The number of carbonyl (C=O) groups is 1. The number of anilines is 1. The zero-order valence-electron chi connectivity index (χ0n) is 17.3. The summed E-state index contributed by atoms with van der Waals surface area (Å²) in [6.07, 6.45) is 1.25. The second-order valence-electron chi connectivity index (χ2n) is 6.29. The predicted octanol–water partition coefficient (Wildman–Crippen LogP) is 1.95. The summed E-state index contributed by atoms with van der Waals surface area (Å²) < 4.78 is 32.2. The van der Waals surface area contributed by atoms with Crippen LogP contribution in [0.15, 0.2) is 48.5 Å². The normalized spacial score (nSPS) is 11.5. The fourth-order valence-corrected chi connectivity index (χ4v) is 3.09. The maximum atomic E-state index is 11.2. The van der Waals surface area contributed by atoms with E-state index in [1.54, 1.807) is 19.1 Å². The van der Waals surface area contributed by atoms with E-state index >= 15 is 0 Å². The molecule has 0 aromatic heterocycles. The van der Waals surface area contributed by atoms with Crippen molar-refractivity contribution in [1.29, 1.82) is 0 Å². The Bertz CT molecular complexity index is 873. The van der Waals surface area contributed by atoms with Gasteiger partial charge >= 0.3 is 62.2 Å². The van der Waals surface area contributed by atoms with Gasteiger partial charge in [-0.05, 0) is 48.7 Å². The zero-order valence-corrected chi connectivity index (χ0v) is 21.0. The van der Waals surface area contributed by atoms with E-state index in [1.165, 1.54) is 0 Å². The van der Waals surface area contributed by atoms with Gasteiger partial charge in [-0.15, -0.1) is 0 Å². The molecule has 10 heteroatoms. The van der Waals surface area contributed by atoms with Gasteiger partial charge in [0.25, 0.3) is 0 Å². The number of benzene rings is 2. The number of carboxylic acids is 1. The molecule has 0 aliphatic carbocycles. The Kier molecular flexibility index (Phi) is 13.6. The number of aliphatic carboxylic acids is 1. The molecular formula is C20H25Mg2NO6S+4. The molecule has 0 amide bonds. The van der Waals surface area contributed by atoms with Gasteiger partial charge in [0, 0.05) is 25.3 Å². The summed E-state index contributed by atoms with van der Waals surface area (Å²) in [7, 11) is -3.52. The molecule has 2 rings (SSSR count). The van der Waals surface area contributed by atoms with Crippen LogP contribution in [-0.2, 0) is 32.5 Å². The van der Waals surface area contributed by atoms with Crippen molar-refractivity contribution < 1.29 is 27.2 Å². The molecule has 1 unspecified atom stereocenters. The Morgan fingerprint density at radius 3 is 2.10 bits per heavy atom. The molecule has 0 aliphatic heterocycles. The van der Waals surface area contributed by atoms with Gasteiger partial charge < -0.3 is 19.3 Å². The van der Waals surface area contributed by atoms with Crippen LogP contribution in [0.1, 0.15) is 18.1 Å². The van der Waals surface area contributed by atoms with Crippen LogP contribution in [0.5, 0.6) is 5.75 Å². The molecule has 0 saturated carbocycles. The van der Waals surface area contributed by atoms with E-state index in [0.29, 0.717) is 25.3 Å². The number of rotatable bonds is 11. The van der Waals surface area contributed by atoms with Crippen molar-refractivity contribution in [3.63, 3.8) is 0 Å². The maximum absolute atomic E-state index is 11.2. The van der Waals surface area contributed by atoms with Crippen LogP contribution in [0.4, 0.5) is 5.69 Å². The summed E-state index contributed by atoms with van der Waals surface area (Å²) in [6, 6.07) is 14.5. The minimum Gasteiger partial charge on any atom is -0.479 e. The summed E-state index contributed by atoms with van der Waals surface area (Å²) in [5.74, 6) is -0.668. The molecule has 0 aliphatic rings. The molecular weight excluding hydrogens is 431 g/mol. The summed E-state index contributed by atoms with van der Waals surface area (Å²) in [6.45, 7) is 2.83.